The standard InChI is InChI=1S/C21H31NO2/c1-20-7-5-14(23)11-13(20)12-17(22-9-10-22)19-15-3-4-18(24)21(15,2)8-6-16(19)20/h11,15-19,24H,3-10,12H2,1-2H3/t15-,16-,17+,18+,19-,20-,21-/m0/s1. The van der Waals surface area contributed by atoms with Gasteiger partial charge in [-0.25, -0.2) is 0 Å². The molecule has 0 radical (unpaired) electrons. The molecule has 1 heterocycles. The molecule has 24 heavy (non-hydrogen) atoms. The van der Waals surface area contributed by atoms with Gasteiger partial charge in [0.1, 0.15) is 0 Å². The quantitative estimate of drug-likeness (QED) is 0.751. The summed E-state index contributed by atoms with van der Waals surface area (Å²) in [7, 11) is 0. The maximum absolute atomic E-state index is 12.1. The van der Waals surface area contributed by atoms with Crippen LogP contribution in [0.25, 0.3) is 0 Å². The molecule has 3 heteroatoms. The largest absolute Gasteiger partial charge is 0.393 e. The fraction of sp³-hybridized carbons (Fsp3) is 0.857. The van der Waals surface area contributed by atoms with E-state index in [1.165, 1.54) is 37.9 Å². The van der Waals surface area contributed by atoms with Crippen LogP contribution in [0.3, 0.4) is 0 Å². The van der Waals surface area contributed by atoms with E-state index < -0.39 is 0 Å². The van der Waals surface area contributed by atoms with Gasteiger partial charge in [0, 0.05) is 25.6 Å². The van der Waals surface area contributed by atoms with E-state index in [0.717, 1.165) is 31.6 Å². The highest BCUT2D eigenvalue weighted by Gasteiger charge is 2.62. The Morgan fingerprint density at radius 3 is 2.67 bits per heavy atom. The third-order valence-electron chi connectivity index (χ3n) is 8.88. The van der Waals surface area contributed by atoms with Crippen molar-refractivity contribution in [3.63, 3.8) is 0 Å². The molecule has 0 spiro atoms. The number of hydrogen-bond acceptors (Lipinski definition) is 3. The number of nitrogens with zero attached hydrogens (tertiary/aromatic N) is 1. The van der Waals surface area contributed by atoms with E-state index in [1.54, 1.807) is 0 Å². The number of aliphatic hydroxyl groups excluding tert-OH is 1. The molecule has 0 amide bonds. The zero-order chi connectivity index (χ0) is 16.7. The Bertz CT molecular complexity index is 609. The number of ketones is 1. The van der Waals surface area contributed by atoms with Crippen LogP contribution in [-0.2, 0) is 4.79 Å². The van der Waals surface area contributed by atoms with E-state index in [9.17, 15) is 9.90 Å². The van der Waals surface area contributed by atoms with Crippen molar-refractivity contribution in [1.29, 1.82) is 0 Å². The van der Waals surface area contributed by atoms with E-state index in [2.05, 4.69) is 18.7 Å². The van der Waals surface area contributed by atoms with Crippen LogP contribution in [0.15, 0.2) is 11.6 Å². The van der Waals surface area contributed by atoms with Gasteiger partial charge in [0.2, 0.25) is 0 Å². The first-order valence-corrected chi connectivity index (χ1v) is 10.1. The summed E-state index contributed by atoms with van der Waals surface area (Å²) in [6.45, 7) is 7.29. The molecular weight excluding hydrogens is 298 g/mol. The molecule has 132 valence electrons. The molecule has 0 aromatic heterocycles. The molecule has 1 aliphatic heterocycles. The summed E-state index contributed by atoms with van der Waals surface area (Å²) in [6, 6.07) is 0.621. The van der Waals surface area contributed by atoms with Crippen molar-refractivity contribution in [2.75, 3.05) is 13.1 Å². The van der Waals surface area contributed by atoms with Gasteiger partial charge < -0.3 is 5.11 Å². The van der Waals surface area contributed by atoms with Gasteiger partial charge in [-0.2, -0.15) is 0 Å². The van der Waals surface area contributed by atoms with Crippen molar-refractivity contribution in [3.8, 4) is 0 Å². The number of carbonyl (C=O) groups excluding carboxylic acids is 1. The predicted molar refractivity (Wildman–Crippen MR) is 93.5 cm³/mol. The number of aliphatic hydroxyl groups is 1. The minimum Gasteiger partial charge on any atom is -0.393 e. The van der Waals surface area contributed by atoms with Crippen molar-refractivity contribution in [2.45, 2.75) is 70.9 Å². The van der Waals surface area contributed by atoms with Gasteiger partial charge in [0.15, 0.2) is 5.78 Å². The van der Waals surface area contributed by atoms with Crippen LogP contribution in [0.5, 0.6) is 0 Å². The van der Waals surface area contributed by atoms with E-state index in [1.807, 2.05) is 6.08 Å². The molecule has 4 aliphatic carbocycles. The van der Waals surface area contributed by atoms with Crippen LogP contribution < -0.4 is 0 Å². The molecule has 5 rings (SSSR count). The normalized spacial score (nSPS) is 53.9. The lowest BCUT2D eigenvalue weighted by atomic mass is 9.46. The van der Waals surface area contributed by atoms with E-state index in [0.29, 0.717) is 23.7 Å². The maximum atomic E-state index is 12.1. The van der Waals surface area contributed by atoms with Gasteiger partial charge in [-0.05, 0) is 73.2 Å². The molecule has 1 saturated heterocycles. The molecule has 7 atom stereocenters. The molecule has 0 unspecified atom stereocenters. The van der Waals surface area contributed by atoms with Crippen LogP contribution in [0.2, 0.25) is 0 Å². The van der Waals surface area contributed by atoms with Gasteiger partial charge in [0.05, 0.1) is 6.10 Å². The van der Waals surface area contributed by atoms with Crippen LogP contribution >= 0.6 is 0 Å². The van der Waals surface area contributed by atoms with Crippen molar-refractivity contribution < 1.29 is 9.90 Å². The summed E-state index contributed by atoms with van der Waals surface area (Å²) >= 11 is 0. The van der Waals surface area contributed by atoms with E-state index >= 15 is 0 Å². The number of fused-ring (bicyclic) bond motifs is 5. The lowest BCUT2D eigenvalue weighted by Crippen LogP contribution is -2.57. The molecule has 4 fully saturated rings. The Morgan fingerprint density at radius 2 is 1.92 bits per heavy atom. The highest BCUT2D eigenvalue weighted by Crippen LogP contribution is 2.66. The average Bonchev–Trinajstić information content (AvgIpc) is 3.34. The second kappa shape index (κ2) is 4.94. The summed E-state index contributed by atoms with van der Waals surface area (Å²) < 4.78 is 0. The van der Waals surface area contributed by atoms with Crippen LogP contribution in [0.1, 0.15) is 58.8 Å². The SMILES string of the molecule is C[C@]12CC[C@H]3[C@@H]([C@H](N4CC4)CC4=CC(=O)CC[C@@]43C)[C@@H]1CC[C@H]2O. The molecule has 0 aromatic carbocycles. The second-order valence-corrected chi connectivity index (χ2v) is 9.79. The first-order valence-electron chi connectivity index (χ1n) is 10.1. The topological polar surface area (TPSA) is 40.3 Å². The fourth-order valence-electron chi connectivity index (χ4n) is 7.26. The van der Waals surface area contributed by atoms with E-state index in [4.69, 9.17) is 0 Å². The molecule has 5 aliphatic rings. The summed E-state index contributed by atoms with van der Waals surface area (Å²) in [6.07, 6.45) is 9.42. The molecule has 0 aromatic rings. The second-order valence-electron chi connectivity index (χ2n) is 9.79. The number of hydrogen-bond donors (Lipinski definition) is 1. The Kier molecular flexibility index (Phi) is 3.21. The third kappa shape index (κ3) is 1.94. The first kappa shape index (κ1) is 15.6. The van der Waals surface area contributed by atoms with Gasteiger partial charge >= 0.3 is 0 Å². The van der Waals surface area contributed by atoms with Gasteiger partial charge in [-0.1, -0.05) is 19.4 Å². The molecular formula is C21H31NO2. The summed E-state index contributed by atoms with van der Waals surface area (Å²) in [5, 5.41) is 10.7. The van der Waals surface area contributed by atoms with Gasteiger partial charge in [0.25, 0.3) is 0 Å². The Labute approximate surface area is 145 Å². The smallest absolute Gasteiger partial charge is 0.155 e. The first-order chi connectivity index (χ1) is 11.4. The molecule has 0 bridgehead atoms. The highest BCUT2D eigenvalue weighted by molar-refractivity contribution is 5.91. The molecule has 3 nitrogen and oxygen atoms in total. The highest BCUT2D eigenvalue weighted by atomic mass is 16.3. The summed E-state index contributed by atoms with van der Waals surface area (Å²) in [4.78, 5) is 14.7. The van der Waals surface area contributed by atoms with Crippen LogP contribution in [-0.4, -0.2) is 41.0 Å². The fourth-order valence-corrected chi connectivity index (χ4v) is 7.26. The minimum absolute atomic E-state index is 0.101. The zero-order valence-corrected chi connectivity index (χ0v) is 15.1. The number of carbonyl (C=O) groups is 1. The Balaban J connectivity index is 1.58. The average molecular weight is 329 g/mol. The predicted octanol–water partition coefficient (Wildman–Crippen LogP) is 3.17. The zero-order valence-electron chi connectivity index (χ0n) is 15.1. The lowest BCUT2D eigenvalue weighted by Gasteiger charge is -2.60. The molecule has 1 N–H and O–H groups in total. The van der Waals surface area contributed by atoms with Crippen LogP contribution in [0, 0.1) is 28.6 Å². The van der Waals surface area contributed by atoms with E-state index in [-0.39, 0.29) is 16.9 Å². The lowest BCUT2D eigenvalue weighted by molar-refractivity contribution is -0.119. The van der Waals surface area contributed by atoms with Crippen molar-refractivity contribution in [2.24, 2.45) is 28.6 Å². The Hall–Kier alpha value is -0.670. The third-order valence-corrected chi connectivity index (χ3v) is 8.88. The molecule has 3 saturated carbocycles. The maximum Gasteiger partial charge on any atom is 0.155 e. The number of rotatable bonds is 1. The Morgan fingerprint density at radius 1 is 1.12 bits per heavy atom. The summed E-state index contributed by atoms with van der Waals surface area (Å²) in [5.41, 5.74) is 1.83. The summed E-state index contributed by atoms with van der Waals surface area (Å²) in [5.74, 6) is 2.45. The van der Waals surface area contributed by atoms with Gasteiger partial charge in [-0.3, -0.25) is 9.69 Å². The van der Waals surface area contributed by atoms with Crippen molar-refractivity contribution in [3.05, 3.63) is 11.6 Å². The van der Waals surface area contributed by atoms with Crippen LogP contribution in [0.4, 0.5) is 0 Å². The minimum atomic E-state index is -0.101. The van der Waals surface area contributed by atoms with Gasteiger partial charge in [-0.15, -0.1) is 0 Å². The van der Waals surface area contributed by atoms with Crippen molar-refractivity contribution >= 4 is 5.78 Å². The monoisotopic (exact) mass is 329 g/mol. The van der Waals surface area contributed by atoms with Crippen molar-refractivity contribution in [1.82, 2.24) is 4.90 Å².